The third kappa shape index (κ3) is 4.50. The van der Waals surface area contributed by atoms with Gasteiger partial charge in [0.2, 0.25) is 5.91 Å². The van der Waals surface area contributed by atoms with Gasteiger partial charge in [0, 0.05) is 0 Å². The highest BCUT2D eigenvalue weighted by Gasteiger charge is 2.12. The number of carbonyl (C=O) groups excluding carboxylic acids is 1. The molecule has 0 aliphatic rings. The van der Waals surface area contributed by atoms with Gasteiger partial charge in [0.25, 0.3) is 0 Å². The van der Waals surface area contributed by atoms with Crippen LogP contribution in [-0.4, -0.2) is 38.0 Å². The summed E-state index contributed by atoms with van der Waals surface area (Å²) in [5.41, 5.74) is 6.13. The highest BCUT2D eigenvalue weighted by atomic mass is 16.4. The van der Waals surface area contributed by atoms with E-state index in [-0.39, 0.29) is 19.0 Å². The molecule has 0 saturated heterocycles. The average Bonchev–Trinajstić information content (AvgIpc) is 2.73. The van der Waals surface area contributed by atoms with Gasteiger partial charge in [-0.25, -0.2) is 4.68 Å². The van der Waals surface area contributed by atoms with Crippen LogP contribution in [0, 0.1) is 0 Å². The molecule has 8 heteroatoms. The second-order valence-corrected chi connectivity index (χ2v) is 3.91. The van der Waals surface area contributed by atoms with Crippen LogP contribution >= 0.6 is 0 Å². The Balaban J connectivity index is 2.41. The number of nitrogens with one attached hydrogen (secondary N) is 1. The number of amides is 1. The van der Waals surface area contributed by atoms with Crippen molar-refractivity contribution in [1.82, 2.24) is 20.3 Å². The first-order valence-corrected chi connectivity index (χ1v) is 5.67. The van der Waals surface area contributed by atoms with E-state index < -0.39 is 12.0 Å². The highest BCUT2D eigenvalue weighted by molar-refractivity contribution is 5.81. The van der Waals surface area contributed by atoms with E-state index in [2.05, 4.69) is 15.6 Å². The van der Waals surface area contributed by atoms with E-state index in [0.717, 1.165) is 6.42 Å². The fourth-order valence-corrected chi connectivity index (χ4v) is 1.39. The van der Waals surface area contributed by atoms with E-state index in [9.17, 15) is 9.59 Å². The van der Waals surface area contributed by atoms with Crippen molar-refractivity contribution >= 4 is 11.9 Å². The van der Waals surface area contributed by atoms with Crippen LogP contribution in [0.5, 0.6) is 0 Å². The molecule has 4 N–H and O–H groups in total. The predicted molar refractivity (Wildman–Crippen MR) is 62.4 cm³/mol. The van der Waals surface area contributed by atoms with Crippen molar-refractivity contribution in [3.63, 3.8) is 0 Å². The molecule has 18 heavy (non-hydrogen) atoms. The quantitative estimate of drug-likeness (QED) is 0.580. The van der Waals surface area contributed by atoms with E-state index >= 15 is 0 Å². The van der Waals surface area contributed by atoms with E-state index in [1.807, 2.05) is 6.92 Å². The second-order valence-electron chi connectivity index (χ2n) is 3.91. The molecular formula is C10H17N5O3. The third-order valence-corrected chi connectivity index (χ3v) is 2.26. The zero-order valence-electron chi connectivity index (χ0n) is 10.2. The highest BCUT2D eigenvalue weighted by Crippen LogP contribution is 1.96. The van der Waals surface area contributed by atoms with Crippen LogP contribution in [0.1, 0.15) is 25.5 Å². The molecule has 0 radical (unpaired) electrons. The van der Waals surface area contributed by atoms with Crippen LogP contribution in [-0.2, 0) is 22.7 Å². The Morgan fingerprint density at radius 1 is 1.61 bits per heavy atom. The molecule has 0 saturated carbocycles. The molecule has 0 fully saturated rings. The fraction of sp³-hybridized carbons (Fsp3) is 0.600. The lowest BCUT2D eigenvalue weighted by molar-refractivity contribution is -0.138. The number of hydrogen-bond acceptors (Lipinski definition) is 5. The maximum atomic E-state index is 11.5. The molecule has 1 atom stereocenters. The standard InChI is InChI=1S/C10H17N5O3/c1-2-3-8(11)10(18)12-4-7-5-15(14-13-7)6-9(16)17/h5,8H,2-4,6,11H2,1H3,(H,12,18)(H,16,17). The summed E-state index contributed by atoms with van der Waals surface area (Å²) in [4.78, 5) is 21.9. The Hall–Kier alpha value is -1.96. The molecule has 1 heterocycles. The summed E-state index contributed by atoms with van der Waals surface area (Å²) in [6.45, 7) is 1.89. The Labute approximate surface area is 104 Å². The normalized spacial score (nSPS) is 12.1. The first-order chi connectivity index (χ1) is 8.52. The minimum absolute atomic E-state index is 0.190. The van der Waals surface area contributed by atoms with Gasteiger partial charge < -0.3 is 16.2 Å². The van der Waals surface area contributed by atoms with Gasteiger partial charge >= 0.3 is 5.97 Å². The zero-order valence-corrected chi connectivity index (χ0v) is 10.2. The topological polar surface area (TPSA) is 123 Å². The van der Waals surface area contributed by atoms with Gasteiger partial charge in [0.15, 0.2) is 0 Å². The first kappa shape index (κ1) is 14.1. The fourth-order valence-electron chi connectivity index (χ4n) is 1.39. The van der Waals surface area contributed by atoms with Crippen LogP contribution in [0.15, 0.2) is 6.20 Å². The molecule has 1 aromatic rings. The Bertz CT molecular complexity index is 417. The summed E-state index contributed by atoms with van der Waals surface area (Å²) in [6, 6.07) is -0.524. The summed E-state index contributed by atoms with van der Waals surface area (Å²) in [6.07, 6.45) is 2.93. The number of carbonyl (C=O) groups is 2. The summed E-state index contributed by atoms with van der Waals surface area (Å²) in [5, 5.41) is 18.5. The summed E-state index contributed by atoms with van der Waals surface area (Å²) in [7, 11) is 0. The monoisotopic (exact) mass is 255 g/mol. The van der Waals surface area contributed by atoms with Crippen LogP contribution in [0.4, 0.5) is 0 Å². The number of aromatic nitrogens is 3. The van der Waals surface area contributed by atoms with Gasteiger partial charge in [-0.2, -0.15) is 0 Å². The zero-order chi connectivity index (χ0) is 13.5. The van der Waals surface area contributed by atoms with E-state index in [1.165, 1.54) is 10.9 Å². The van der Waals surface area contributed by atoms with Gasteiger partial charge in [0.05, 0.1) is 18.8 Å². The number of carboxylic acids is 1. The molecule has 1 amide bonds. The van der Waals surface area contributed by atoms with Crippen molar-refractivity contribution in [2.24, 2.45) is 5.73 Å². The molecule has 1 unspecified atom stereocenters. The second kappa shape index (κ2) is 6.70. The molecule has 0 bridgehead atoms. The van der Waals surface area contributed by atoms with E-state index in [1.54, 1.807) is 0 Å². The van der Waals surface area contributed by atoms with E-state index in [4.69, 9.17) is 10.8 Å². The lowest BCUT2D eigenvalue weighted by Gasteiger charge is -2.09. The number of carboxylic acid groups (broad SMARTS) is 1. The van der Waals surface area contributed by atoms with Crippen molar-refractivity contribution in [1.29, 1.82) is 0 Å². The lowest BCUT2D eigenvalue weighted by atomic mass is 10.2. The number of aliphatic carboxylic acids is 1. The Morgan fingerprint density at radius 2 is 2.33 bits per heavy atom. The molecule has 100 valence electrons. The molecule has 1 rings (SSSR count). The molecular weight excluding hydrogens is 238 g/mol. The van der Waals surface area contributed by atoms with Gasteiger partial charge in [-0.15, -0.1) is 5.10 Å². The summed E-state index contributed by atoms with van der Waals surface area (Å²) < 4.78 is 1.19. The minimum atomic E-state index is -1.000. The Kier molecular flexibility index (Phi) is 5.25. The lowest BCUT2D eigenvalue weighted by Crippen LogP contribution is -2.40. The minimum Gasteiger partial charge on any atom is -0.480 e. The number of hydrogen-bond donors (Lipinski definition) is 3. The van der Waals surface area contributed by atoms with Crippen LogP contribution < -0.4 is 11.1 Å². The average molecular weight is 255 g/mol. The molecule has 8 nitrogen and oxygen atoms in total. The van der Waals surface area contributed by atoms with Gasteiger partial charge in [-0.05, 0) is 6.42 Å². The molecule has 0 spiro atoms. The van der Waals surface area contributed by atoms with Gasteiger partial charge in [-0.3, -0.25) is 9.59 Å². The smallest absolute Gasteiger partial charge is 0.325 e. The molecule has 1 aromatic heterocycles. The SMILES string of the molecule is CCCC(N)C(=O)NCc1cn(CC(=O)O)nn1. The van der Waals surface area contributed by atoms with Crippen molar-refractivity contribution in [2.45, 2.75) is 38.9 Å². The Morgan fingerprint density at radius 3 is 2.94 bits per heavy atom. The van der Waals surface area contributed by atoms with E-state index in [0.29, 0.717) is 12.1 Å². The maximum absolute atomic E-state index is 11.5. The molecule has 0 aliphatic carbocycles. The van der Waals surface area contributed by atoms with Crippen LogP contribution in [0.3, 0.4) is 0 Å². The number of rotatable bonds is 7. The maximum Gasteiger partial charge on any atom is 0.325 e. The number of nitrogens with two attached hydrogens (primary N) is 1. The van der Waals surface area contributed by atoms with Gasteiger partial charge in [-0.1, -0.05) is 18.6 Å². The predicted octanol–water partition coefficient (Wildman–Crippen LogP) is -0.894. The third-order valence-electron chi connectivity index (χ3n) is 2.26. The van der Waals surface area contributed by atoms with Crippen molar-refractivity contribution in [3.8, 4) is 0 Å². The van der Waals surface area contributed by atoms with Crippen molar-refractivity contribution < 1.29 is 14.7 Å². The van der Waals surface area contributed by atoms with Crippen LogP contribution in [0.2, 0.25) is 0 Å². The molecule has 0 aliphatic heterocycles. The van der Waals surface area contributed by atoms with Crippen molar-refractivity contribution in [3.05, 3.63) is 11.9 Å². The van der Waals surface area contributed by atoms with Crippen molar-refractivity contribution in [2.75, 3.05) is 0 Å². The summed E-state index contributed by atoms with van der Waals surface area (Å²) in [5.74, 6) is -1.25. The van der Waals surface area contributed by atoms with Gasteiger partial charge in [0.1, 0.15) is 12.2 Å². The summed E-state index contributed by atoms with van der Waals surface area (Å²) >= 11 is 0. The number of nitrogens with zero attached hydrogens (tertiary/aromatic N) is 3. The van der Waals surface area contributed by atoms with Crippen LogP contribution in [0.25, 0.3) is 0 Å². The molecule has 0 aromatic carbocycles. The first-order valence-electron chi connectivity index (χ1n) is 5.67. The largest absolute Gasteiger partial charge is 0.480 e.